The Bertz CT molecular complexity index is 1640. The van der Waals surface area contributed by atoms with Crippen LogP contribution in [0.1, 0.15) is 29.3 Å². The number of nitrogens with one attached hydrogen (secondary N) is 3. The molecule has 3 unspecified atom stereocenters. The van der Waals surface area contributed by atoms with Crippen molar-refractivity contribution < 1.29 is 27.4 Å². The standard InChI is InChI=1S/C30H28F3N7O3/c1-29(25-22(12-17(13-34-25)30(31,32)33)40-14-19-20(15-40)24(19)42-2)39-38-28(43-29)37-26-27(41)35-21-11-7-6-10-18(21)23(36-26)16-8-4-3-5-9-16/h3-13,19-20,24,26,39H,14-15H2,1-2H3,(H,35,41)(H,37,38)/t19?,20?,24?,26-,29?/m1/s1. The van der Waals surface area contributed by atoms with Gasteiger partial charge in [0.2, 0.25) is 11.9 Å². The number of benzene rings is 2. The molecule has 0 spiro atoms. The first-order valence-electron chi connectivity index (χ1n) is 13.8. The lowest BCUT2D eigenvalue weighted by atomic mass is 10.0. The van der Waals surface area contributed by atoms with Crippen molar-refractivity contribution in [2.45, 2.75) is 31.1 Å². The number of hydrazine groups is 1. The number of alkyl halides is 3. The second-order valence-corrected chi connectivity index (χ2v) is 11.1. The number of nitrogens with zero attached hydrogens (tertiary/aromatic N) is 4. The molecule has 10 nitrogen and oxygen atoms in total. The predicted octanol–water partition coefficient (Wildman–Crippen LogP) is 3.65. The Morgan fingerprint density at radius 2 is 1.81 bits per heavy atom. The number of para-hydroxylation sites is 1. The molecule has 3 aromatic rings. The van der Waals surface area contributed by atoms with Gasteiger partial charge in [0.1, 0.15) is 5.69 Å². The smallest absolute Gasteiger partial charge is 0.417 e. The Morgan fingerprint density at radius 1 is 1.09 bits per heavy atom. The first-order valence-corrected chi connectivity index (χ1v) is 13.8. The summed E-state index contributed by atoms with van der Waals surface area (Å²) >= 11 is 0. The molecular weight excluding hydrogens is 563 g/mol. The number of pyridine rings is 1. The molecule has 0 bridgehead atoms. The fourth-order valence-corrected chi connectivity index (χ4v) is 6.09. The van der Waals surface area contributed by atoms with E-state index in [1.54, 1.807) is 20.1 Å². The second kappa shape index (κ2) is 10.1. The summed E-state index contributed by atoms with van der Waals surface area (Å²) in [6.45, 7) is 2.73. The number of piperidine rings is 1. The number of carbonyl (C=O) groups is 1. The highest BCUT2D eigenvalue weighted by Crippen LogP contribution is 2.50. The molecule has 1 aliphatic carbocycles. The van der Waals surface area contributed by atoms with E-state index in [0.717, 1.165) is 23.4 Å². The average molecular weight is 592 g/mol. The van der Waals surface area contributed by atoms with Crippen molar-refractivity contribution in [3.8, 4) is 0 Å². The van der Waals surface area contributed by atoms with E-state index in [1.165, 1.54) is 0 Å². The Kier molecular flexibility index (Phi) is 6.40. The summed E-state index contributed by atoms with van der Waals surface area (Å²) in [6, 6.07) is 17.8. The number of benzodiazepines with no additional fused rings is 1. The Labute approximate surface area is 245 Å². The molecule has 4 heterocycles. The topological polar surface area (TPSA) is 112 Å². The van der Waals surface area contributed by atoms with Gasteiger partial charge in [0, 0.05) is 49.4 Å². The molecule has 4 aliphatic rings. The minimum Gasteiger partial charge on any atom is -0.435 e. The van der Waals surface area contributed by atoms with Crippen LogP contribution in [0.5, 0.6) is 0 Å². The largest absolute Gasteiger partial charge is 0.435 e. The van der Waals surface area contributed by atoms with E-state index in [0.29, 0.717) is 30.2 Å². The number of halogens is 3. The second-order valence-electron chi connectivity index (χ2n) is 11.1. The van der Waals surface area contributed by atoms with Crippen molar-refractivity contribution in [1.29, 1.82) is 0 Å². The number of rotatable bonds is 5. The monoisotopic (exact) mass is 591 g/mol. The van der Waals surface area contributed by atoms with Crippen molar-refractivity contribution in [1.82, 2.24) is 15.8 Å². The van der Waals surface area contributed by atoms with Gasteiger partial charge in [-0.05, 0) is 19.1 Å². The number of hydrogen-bond acceptors (Lipinski definition) is 8. The lowest BCUT2D eigenvalue weighted by Gasteiger charge is -2.30. The first kappa shape index (κ1) is 27.3. The summed E-state index contributed by atoms with van der Waals surface area (Å²) in [4.78, 5) is 28.5. The van der Waals surface area contributed by atoms with E-state index in [2.05, 4.69) is 26.1 Å². The van der Waals surface area contributed by atoms with Gasteiger partial charge < -0.3 is 19.7 Å². The van der Waals surface area contributed by atoms with Gasteiger partial charge in [-0.15, -0.1) is 0 Å². The number of amides is 1. The van der Waals surface area contributed by atoms with Gasteiger partial charge in [-0.25, -0.2) is 4.99 Å². The van der Waals surface area contributed by atoms with Crippen LogP contribution >= 0.6 is 0 Å². The van der Waals surface area contributed by atoms with Gasteiger partial charge in [-0.1, -0.05) is 48.5 Å². The van der Waals surface area contributed by atoms with Gasteiger partial charge in [-0.2, -0.15) is 23.6 Å². The van der Waals surface area contributed by atoms with Crippen molar-refractivity contribution >= 4 is 29.0 Å². The SMILES string of the molecule is COC1C2CN(c3cc(C(F)(F)F)cnc3C3(C)NN/C(=N\[C@H]4N=C(c5ccccc5)c5ccccc5NC4=O)O3)CC21. The van der Waals surface area contributed by atoms with Crippen LogP contribution in [0.25, 0.3) is 0 Å². The fraction of sp³-hybridized carbons (Fsp3) is 0.333. The van der Waals surface area contributed by atoms with E-state index < -0.39 is 29.5 Å². The lowest BCUT2D eigenvalue weighted by molar-refractivity contribution is -0.137. The van der Waals surface area contributed by atoms with E-state index in [4.69, 9.17) is 14.5 Å². The highest BCUT2D eigenvalue weighted by molar-refractivity contribution is 6.19. The third-order valence-corrected chi connectivity index (χ3v) is 8.30. The van der Waals surface area contributed by atoms with Crippen molar-refractivity contribution in [2.24, 2.45) is 21.8 Å². The number of anilines is 2. The van der Waals surface area contributed by atoms with E-state index >= 15 is 0 Å². The molecule has 3 N–H and O–H groups in total. The van der Waals surface area contributed by atoms with Crippen LogP contribution in [0.4, 0.5) is 24.5 Å². The highest BCUT2D eigenvalue weighted by Gasteiger charge is 2.57. The number of ether oxygens (including phenoxy) is 2. The zero-order chi connectivity index (χ0) is 29.9. The molecule has 43 heavy (non-hydrogen) atoms. The normalized spacial score (nSPS) is 28.8. The van der Waals surface area contributed by atoms with Gasteiger partial charge in [-0.3, -0.25) is 15.2 Å². The minimum absolute atomic E-state index is 0.0545. The van der Waals surface area contributed by atoms with Gasteiger partial charge in [0.15, 0.2) is 0 Å². The third kappa shape index (κ3) is 4.87. The molecule has 13 heteroatoms. The summed E-state index contributed by atoms with van der Waals surface area (Å²) in [5, 5.41) is 2.88. The van der Waals surface area contributed by atoms with Gasteiger partial charge in [0.05, 0.1) is 28.8 Å². The zero-order valence-corrected chi connectivity index (χ0v) is 23.2. The van der Waals surface area contributed by atoms with E-state index in [9.17, 15) is 18.0 Å². The summed E-state index contributed by atoms with van der Waals surface area (Å²) in [7, 11) is 1.65. The number of fused-ring (bicyclic) bond motifs is 2. The van der Waals surface area contributed by atoms with Crippen molar-refractivity contribution in [2.75, 3.05) is 30.4 Å². The number of aromatic nitrogens is 1. The number of amidine groups is 1. The molecule has 3 aliphatic heterocycles. The van der Waals surface area contributed by atoms with Crippen LogP contribution in [0.15, 0.2) is 76.8 Å². The molecule has 3 fully saturated rings. The lowest BCUT2D eigenvalue weighted by Crippen LogP contribution is -2.42. The van der Waals surface area contributed by atoms with Crippen molar-refractivity contribution in [3.05, 3.63) is 89.2 Å². The van der Waals surface area contributed by atoms with Crippen LogP contribution in [-0.2, 0) is 26.2 Å². The zero-order valence-electron chi connectivity index (χ0n) is 23.2. The van der Waals surface area contributed by atoms with Crippen molar-refractivity contribution in [3.63, 3.8) is 0 Å². The third-order valence-electron chi connectivity index (χ3n) is 8.30. The average Bonchev–Trinajstić information content (AvgIpc) is 3.28. The highest BCUT2D eigenvalue weighted by atomic mass is 19.4. The van der Waals surface area contributed by atoms with Crippen LogP contribution < -0.4 is 21.1 Å². The molecule has 222 valence electrons. The molecule has 1 amide bonds. The molecule has 4 atom stereocenters. The molecule has 1 saturated carbocycles. The number of carbonyl (C=O) groups excluding carboxylic acids is 1. The Morgan fingerprint density at radius 3 is 2.53 bits per heavy atom. The Hall–Kier alpha value is -4.49. The predicted molar refractivity (Wildman–Crippen MR) is 152 cm³/mol. The number of hydrogen-bond donors (Lipinski definition) is 3. The molecule has 2 saturated heterocycles. The summed E-state index contributed by atoms with van der Waals surface area (Å²) in [5.74, 6) is 0.0344. The number of aliphatic imine (C=N–C) groups is 2. The molecule has 2 aromatic carbocycles. The minimum atomic E-state index is -4.56. The molecule has 0 radical (unpaired) electrons. The summed E-state index contributed by atoms with van der Waals surface area (Å²) < 4.78 is 52.7. The van der Waals surface area contributed by atoms with E-state index in [1.807, 2.05) is 53.4 Å². The van der Waals surface area contributed by atoms with Gasteiger partial charge in [0.25, 0.3) is 5.91 Å². The van der Waals surface area contributed by atoms with E-state index in [-0.39, 0.29) is 29.7 Å². The van der Waals surface area contributed by atoms with Crippen LogP contribution in [-0.4, -0.2) is 55.1 Å². The molecule has 7 rings (SSSR count). The summed E-state index contributed by atoms with van der Waals surface area (Å²) in [5.41, 5.74) is 6.82. The Balaban J connectivity index is 1.21. The van der Waals surface area contributed by atoms with Crippen LogP contribution in [0.3, 0.4) is 0 Å². The number of methoxy groups -OCH3 is 1. The van der Waals surface area contributed by atoms with Crippen LogP contribution in [0, 0.1) is 11.8 Å². The first-order chi connectivity index (χ1) is 20.6. The quantitative estimate of drug-likeness (QED) is 0.415. The molecular formula is C30H28F3N7O3. The molecule has 1 aromatic heterocycles. The summed E-state index contributed by atoms with van der Waals surface area (Å²) in [6.07, 6.45) is -4.86. The van der Waals surface area contributed by atoms with Gasteiger partial charge >= 0.3 is 12.2 Å². The maximum Gasteiger partial charge on any atom is 0.417 e. The fourth-order valence-electron chi connectivity index (χ4n) is 6.09. The maximum absolute atomic E-state index is 13.7. The maximum atomic E-state index is 13.7. The van der Waals surface area contributed by atoms with Crippen LogP contribution in [0.2, 0.25) is 0 Å².